The molecular weight excluding hydrogens is 562 g/mol. The van der Waals surface area contributed by atoms with Gasteiger partial charge >= 0.3 is 5.97 Å². The maximum atomic E-state index is 12.4. The smallest absolute Gasteiger partial charge is 0.343 e. The molecule has 0 aromatic heterocycles. The monoisotopic (exact) mass is 579 g/mol. The Morgan fingerprint density at radius 1 is 1.06 bits per heavy atom. The number of carbonyl (C=O) groups excluding carboxylic acids is 2. The molecule has 0 heterocycles. The minimum absolute atomic E-state index is 0.0222. The number of nitrogens with one attached hydrogen (secondary N) is 2. The highest BCUT2D eigenvalue weighted by atomic mass is 79.9. The van der Waals surface area contributed by atoms with E-state index in [-0.39, 0.29) is 16.4 Å². The third-order valence-corrected chi connectivity index (χ3v) is 6.56. The lowest BCUT2D eigenvalue weighted by Crippen LogP contribution is -2.34. The van der Waals surface area contributed by atoms with Gasteiger partial charge in [-0.3, -0.25) is 4.79 Å². The molecule has 2 N–H and O–H groups in total. The normalized spacial score (nSPS) is 11.3. The van der Waals surface area contributed by atoms with Gasteiger partial charge in [0.25, 0.3) is 5.91 Å². The molecule has 3 aromatic rings. The zero-order valence-electron chi connectivity index (χ0n) is 18.2. The lowest BCUT2D eigenvalue weighted by molar-refractivity contribution is -0.119. The fourth-order valence-corrected chi connectivity index (χ4v) is 4.21. The molecule has 0 saturated heterocycles. The van der Waals surface area contributed by atoms with Crippen LogP contribution in [0, 0.1) is 0 Å². The van der Waals surface area contributed by atoms with Gasteiger partial charge in [-0.2, -0.15) is 5.10 Å². The molecule has 9 nitrogen and oxygen atoms in total. The van der Waals surface area contributed by atoms with E-state index in [1.807, 2.05) is 0 Å². The fourth-order valence-electron chi connectivity index (χ4n) is 2.70. The number of nitrogens with zero attached hydrogens (tertiary/aromatic N) is 1. The second kappa shape index (κ2) is 11.9. The van der Waals surface area contributed by atoms with Crippen molar-refractivity contribution in [2.75, 3.05) is 13.7 Å². The van der Waals surface area contributed by atoms with E-state index in [0.29, 0.717) is 16.1 Å². The number of hydrogen-bond acceptors (Lipinski definition) is 7. The summed E-state index contributed by atoms with van der Waals surface area (Å²) in [5.41, 5.74) is 3.12. The standard InChI is InChI=1S/C23H19BrClN3O6S/c1-33-21-11-15(5-10-20(21)34-23(30)16-3-2-4-17(24)12-16)13-26-28-22(29)14-27-35(31,32)19-8-6-18(25)7-9-19/h2-13,27H,14H2,1H3,(H,28,29). The number of ether oxygens (including phenoxy) is 2. The molecule has 0 saturated carbocycles. The summed E-state index contributed by atoms with van der Waals surface area (Å²) in [5, 5.41) is 4.20. The minimum Gasteiger partial charge on any atom is -0.493 e. The van der Waals surface area contributed by atoms with E-state index in [1.165, 1.54) is 43.7 Å². The van der Waals surface area contributed by atoms with Crippen molar-refractivity contribution >= 4 is 55.6 Å². The summed E-state index contributed by atoms with van der Waals surface area (Å²) in [7, 11) is -2.46. The van der Waals surface area contributed by atoms with Crippen LogP contribution in [0.1, 0.15) is 15.9 Å². The minimum atomic E-state index is -3.88. The zero-order chi connectivity index (χ0) is 25.4. The number of hydrogen-bond donors (Lipinski definition) is 2. The first-order valence-electron chi connectivity index (χ1n) is 9.91. The first-order chi connectivity index (χ1) is 16.7. The highest BCUT2D eigenvalue weighted by Gasteiger charge is 2.15. The Morgan fingerprint density at radius 3 is 2.49 bits per heavy atom. The maximum Gasteiger partial charge on any atom is 0.343 e. The van der Waals surface area contributed by atoms with Gasteiger partial charge in [-0.05, 0) is 66.2 Å². The van der Waals surface area contributed by atoms with E-state index in [4.69, 9.17) is 21.1 Å². The number of amides is 1. The van der Waals surface area contributed by atoms with Crippen LogP contribution in [-0.4, -0.2) is 40.2 Å². The molecular formula is C23H19BrClN3O6S. The van der Waals surface area contributed by atoms with E-state index in [2.05, 4.69) is 31.2 Å². The Kier molecular flexibility index (Phi) is 8.99. The first kappa shape index (κ1) is 26.4. The summed E-state index contributed by atoms with van der Waals surface area (Å²) in [6.45, 7) is -0.518. The molecule has 0 radical (unpaired) electrons. The highest BCUT2D eigenvalue weighted by molar-refractivity contribution is 9.10. The molecule has 182 valence electrons. The van der Waals surface area contributed by atoms with Crippen molar-refractivity contribution in [2.24, 2.45) is 5.10 Å². The summed E-state index contributed by atoms with van der Waals surface area (Å²) < 4.78 is 38.0. The van der Waals surface area contributed by atoms with Crippen LogP contribution in [0.25, 0.3) is 0 Å². The first-order valence-corrected chi connectivity index (χ1v) is 12.6. The third-order valence-electron chi connectivity index (χ3n) is 4.40. The molecule has 3 rings (SSSR count). The van der Waals surface area contributed by atoms with Gasteiger partial charge in [-0.25, -0.2) is 23.4 Å². The van der Waals surface area contributed by atoms with Crippen LogP contribution in [0.15, 0.2) is 81.2 Å². The van der Waals surface area contributed by atoms with Gasteiger partial charge in [0.15, 0.2) is 11.5 Å². The van der Waals surface area contributed by atoms with Crippen molar-refractivity contribution in [3.8, 4) is 11.5 Å². The second-order valence-electron chi connectivity index (χ2n) is 6.88. The summed E-state index contributed by atoms with van der Waals surface area (Å²) >= 11 is 9.06. The lowest BCUT2D eigenvalue weighted by Gasteiger charge is -2.10. The number of methoxy groups -OCH3 is 1. The quantitative estimate of drug-likeness (QED) is 0.172. The van der Waals surface area contributed by atoms with Crippen LogP contribution < -0.4 is 19.6 Å². The molecule has 35 heavy (non-hydrogen) atoms. The van der Waals surface area contributed by atoms with Gasteiger partial charge in [0, 0.05) is 9.50 Å². The van der Waals surface area contributed by atoms with Crippen molar-refractivity contribution in [3.63, 3.8) is 0 Å². The number of esters is 1. The number of sulfonamides is 1. The van der Waals surface area contributed by atoms with Crippen molar-refractivity contribution in [1.29, 1.82) is 0 Å². The number of benzene rings is 3. The van der Waals surface area contributed by atoms with Crippen molar-refractivity contribution < 1.29 is 27.5 Å². The predicted octanol–water partition coefficient (Wildman–Crippen LogP) is 3.76. The van der Waals surface area contributed by atoms with Crippen LogP contribution in [0.5, 0.6) is 11.5 Å². The number of rotatable bonds is 9. The molecule has 0 unspecified atom stereocenters. The molecule has 0 aliphatic heterocycles. The Morgan fingerprint density at radius 2 is 1.80 bits per heavy atom. The van der Waals surface area contributed by atoms with Gasteiger partial charge in [0.1, 0.15) is 0 Å². The van der Waals surface area contributed by atoms with Crippen molar-refractivity contribution in [1.82, 2.24) is 10.1 Å². The van der Waals surface area contributed by atoms with Crippen LogP contribution in [-0.2, 0) is 14.8 Å². The van der Waals surface area contributed by atoms with Crippen LogP contribution in [0.3, 0.4) is 0 Å². The number of halogens is 2. The molecule has 0 fully saturated rings. The van der Waals surface area contributed by atoms with E-state index in [0.717, 1.165) is 4.47 Å². The van der Waals surface area contributed by atoms with Crippen LogP contribution in [0.2, 0.25) is 5.02 Å². The topological polar surface area (TPSA) is 123 Å². The Labute approximate surface area is 215 Å². The zero-order valence-corrected chi connectivity index (χ0v) is 21.4. The van der Waals surface area contributed by atoms with E-state index in [1.54, 1.807) is 36.4 Å². The second-order valence-corrected chi connectivity index (χ2v) is 10.0. The Bertz CT molecular complexity index is 1360. The van der Waals surface area contributed by atoms with Gasteiger partial charge in [-0.15, -0.1) is 0 Å². The van der Waals surface area contributed by atoms with Gasteiger partial charge in [-0.1, -0.05) is 33.6 Å². The van der Waals surface area contributed by atoms with Crippen molar-refractivity contribution in [3.05, 3.63) is 87.4 Å². The maximum absolute atomic E-state index is 12.4. The van der Waals surface area contributed by atoms with E-state index in [9.17, 15) is 18.0 Å². The largest absolute Gasteiger partial charge is 0.493 e. The van der Waals surface area contributed by atoms with Gasteiger partial charge < -0.3 is 9.47 Å². The third kappa shape index (κ3) is 7.62. The molecule has 3 aromatic carbocycles. The molecule has 1 amide bonds. The van der Waals surface area contributed by atoms with Crippen molar-refractivity contribution in [2.45, 2.75) is 4.90 Å². The average Bonchev–Trinajstić information content (AvgIpc) is 2.84. The Hall–Kier alpha value is -3.25. The summed E-state index contributed by atoms with van der Waals surface area (Å²) in [6.07, 6.45) is 1.33. The molecule has 0 aliphatic rings. The summed E-state index contributed by atoms with van der Waals surface area (Å²) in [4.78, 5) is 24.3. The van der Waals surface area contributed by atoms with Gasteiger partial charge in [0.05, 0.1) is 30.3 Å². The van der Waals surface area contributed by atoms with Crippen LogP contribution >= 0.6 is 27.5 Å². The molecule has 0 atom stereocenters. The molecule has 0 spiro atoms. The average molecular weight is 581 g/mol. The number of hydrazone groups is 1. The SMILES string of the molecule is COc1cc(C=NNC(=O)CNS(=O)(=O)c2ccc(Cl)cc2)ccc1OC(=O)c1cccc(Br)c1. The highest BCUT2D eigenvalue weighted by Crippen LogP contribution is 2.28. The van der Waals surface area contributed by atoms with E-state index < -0.39 is 28.4 Å². The fraction of sp³-hybridized carbons (Fsp3) is 0.0870. The molecule has 0 bridgehead atoms. The molecule has 0 aliphatic carbocycles. The Balaban J connectivity index is 1.57. The van der Waals surface area contributed by atoms with E-state index >= 15 is 0 Å². The van der Waals surface area contributed by atoms with Gasteiger partial charge in [0.2, 0.25) is 10.0 Å². The molecule has 12 heteroatoms. The summed E-state index contributed by atoms with van der Waals surface area (Å²) in [5.74, 6) is -0.751. The predicted molar refractivity (Wildman–Crippen MR) is 134 cm³/mol. The van der Waals surface area contributed by atoms with Crippen LogP contribution in [0.4, 0.5) is 0 Å². The summed E-state index contributed by atoms with van der Waals surface area (Å²) in [6, 6.07) is 17.0. The number of carbonyl (C=O) groups is 2. The lowest BCUT2D eigenvalue weighted by atomic mass is 10.2.